The molecule has 0 amide bonds. The zero-order valence-corrected chi connectivity index (χ0v) is 11.1. The second kappa shape index (κ2) is 7.66. The Morgan fingerprint density at radius 2 is 2.22 bits per heavy atom. The highest BCUT2D eigenvalue weighted by Crippen LogP contribution is 2.06. The van der Waals surface area contributed by atoms with Gasteiger partial charge in [0, 0.05) is 12.7 Å². The number of carbonyl (C=O) groups excluding carboxylic acids is 1. The van der Waals surface area contributed by atoms with E-state index in [0.717, 1.165) is 5.82 Å². The average Bonchev–Trinajstić information content (AvgIpc) is 2.35. The quantitative estimate of drug-likeness (QED) is 0.595. The Hall–Kier alpha value is -1.62. The molecule has 0 spiro atoms. The number of anilines is 1. The van der Waals surface area contributed by atoms with Crippen LogP contribution in [0.4, 0.5) is 5.82 Å². The average molecular weight is 252 g/mol. The topological polar surface area (TPSA) is 60.5 Å². The first-order valence-corrected chi connectivity index (χ1v) is 6.12. The zero-order valence-electron chi connectivity index (χ0n) is 11.1. The van der Waals surface area contributed by atoms with Crippen LogP contribution in [0.3, 0.4) is 0 Å². The van der Waals surface area contributed by atoms with Gasteiger partial charge in [-0.2, -0.15) is 0 Å². The Labute approximate surface area is 108 Å². The minimum absolute atomic E-state index is 0.228. The molecule has 0 aromatic carbocycles. The third-order valence-corrected chi connectivity index (χ3v) is 2.13. The van der Waals surface area contributed by atoms with Crippen molar-refractivity contribution in [2.45, 2.75) is 26.9 Å². The molecule has 1 rings (SSSR count). The lowest BCUT2D eigenvalue weighted by molar-refractivity contribution is 0.0526. The molecule has 1 aromatic heterocycles. The summed E-state index contributed by atoms with van der Waals surface area (Å²) >= 11 is 0. The van der Waals surface area contributed by atoms with Gasteiger partial charge in [0.15, 0.2) is 0 Å². The van der Waals surface area contributed by atoms with E-state index in [-0.39, 0.29) is 12.1 Å². The van der Waals surface area contributed by atoms with Crippen LogP contribution in [-0.2, 0) is 9.47 Å². The Bertz CT molecular complexity index is 363. The van der Waals surface area contributed by atoms with Crippen LogP contribution in [0.1, 0.15) is 31.1 Å². The van der Waals surface area contributed by atoms with Crippen LogP contribution >= 0.6 is 0 Å². The summed E-state index contributed by atoms with van der Waals surface area (Å²) in [6.07, 6.45) is 1.73. The van der Waals surface area contributed by atoms with Crippen LogP contribution < -0.4 is 5.32 Å². The van der Waals surface area contributed by atoms with Crippen LogP contribution in [0.2, 0.25) is 0 Å². The normalized spacial score (nSPS) is 10.4. The summed E-state index contributed by atoms with van der Waals surface area (Å²) in [7, 11) is 0. The summed E-state index contributed by atoms with van der Waals surface area (Å²) in [5.41, 5.74) is 0.459. The second-order valence-corrected chi connectivity index (χ2v) is 4.00. The molecule has 0 radical (unpaired) electrons. The Kier molecular flexibility index (Phi) is 6.14. The number of rotatable bonds is 7. The van der Waals surface area contributed by atoms with Gasteiger partial charge in [0.1, 0.15) is 5.82 Å². The minimum Gasteiger partial charge on any atom is -0.462 e. The third-order valence-electron chi connectivity index (χ3n) is 2.13. The molecule has 0 unspecified atom stereocenters. The van der Waals surface area contributed by atoms with E-state index in [1.165, 1.54) is 6.20 Å². The SMILES string of the molecule is CCOC(=O)c1ccc(NCCOC(C)C)nc1. The van der Waals surface area contributed by atoms with Gasteiger partial charge in [-0.25, -0.2) is 9.78 Å². The molecule has 1 N–H and O–H groups in total. The van der Waals surface area contributed by atoms with Crippen LogP contribution in [0.15, 0.2) is 18.3 Å². The fraction of sp³-hybridized carbons (Fsp3) is 0.538. The largest absolute Gasteiger partial charge is 0.462 e. The Morgan fingerprint density at radius 3 is 2.78 bits per heavy atom. The second-order valence-electron chi connectivity index (χ2n) is 4.00. The molecule has 0 fully saturated rings. The van der Waals surface area contributed by atoms with E-state index in [1.54, 1.807) is 19.1 Å². The van der Waals surface area contributed by atoms with Crippen molar-refractivity contribution in [3.63, 3.8) is 0 Å². The van der Waals surface area contributed by atoms with E-state index in [4.69, 9.17) is 9.47 Å². The number of hydrogen-bond acceptors (Lipinski definition) is 5. The molecule has 0 aliphatic heterocycles. The first-order chi connectivity index (χ1) is 8.63. The predicted octanol–water partition coefficient (Wildman–Crippen LogP) is 2.10. The number of hydrogen-bond donors (Lipinski definition) is 1. The fourth-order valence-electron chi connectivity index (χ4n) is 1.31. The standard InChI is InChI=1S/C13H20N2O3/c1-4-17-13(16)11-5-6-12(15-9-11)14-7-8-18-10(2)3/h5-6,9-10H,4,7-8H2,1-3H3,(H,14,15). The molecule has 0 saturated carbocycles. The van der Waals surface area contributed by atoms with E-state index in [1.807, 2.05) is 13.8 Å². The highest BCUT2D eigenvalue weighted by molar-refractivity contribution is 5.89. The van der Waals surface area contributed by atoms with Gasteiger partial charge in [0.05, 0.1) is 24.9 Å². The maximum absolute atomic E-state index is 11.4. The third kappa shape index (κ3) is 5.14. The van der Waals surface area contributed by atoms with Crippen molar-refractivity contribution in [3.05, 3.63) is 23.9 Å². The van der Waals surface area contributed by atoms with Crippen LogP contribution in [0.5, 0.6) is 0 Å². The van der Waals surface area contributed by atoms with Gasteiger partial charge >= 0.3 is 5.97 Å². The van der Waals surface area contributed by atoms with Gasteiger partial charge in [-0.1, -0.05) is 0 Å². The first-order valence-electron chi connectivity index (χ1n) is 6.12. The Morgan fingerprint density at radius 1 is 1.44 bits per heavy atom. The number of nitrogens with zero attached hydrogens (tertiary/aromatic N) is 1. The van der Waals surface area contributed by atoms with Gasteiger partial charge < -0.3 is 14.8 Å². The maximum atomic E-state index is 11.4. The van der Waals surface area contributed by atoms with Crippen molar-refractivity contribution in [1.29, 1.82) is 0 Å². The van der Waals surface area contributed by atoms with E-state index in [9.17, 15) is 4.79 Å². The summed E-state index contributed by atoms with van der Waals surface area (Å²) in [6.45, 7) is 7.43. The van der Waals surface area contributed by atoms with E-state index in [0.29, 0.717) is 25.3 Å². The number of esters is 1. The molecule has 1 heterocycles. The monoisotopic (exact) mass is 252 g/mol. The number of carbonyl (C=O) groups is 1. The van der Waals surface area contributed by atoms with E-state index < -0.39 is 0 Å². The number of ether oxygens (including phenoxy) is 2. The summed E-state index contributed by atoms with van der Waals surface area (Å²) in [5, 5.41) is 3.11. The number of pyridine rings is 1. The predicted molar refractivity (Wildman–Crippen MR) is 69.8 cm³/mol. The molecule has 1 aromatic rings. The van der Waals surface area contributed by atoms with E-state index >= 15 is 0 Å². The van der Waals surface area contributed by atoms with Gasteiger partial charge in [-0.3, -0.25) is 0 Å². The van der Waals surface area contributed by atoms with Crippen LogP contribution in [0, 0.1) is 0 Å². The molecule has 0 aliphatic rings. The highest BCUT2D eigenvalue weighted by Gasteiger charge is 2.06. The lowest BCUT2D eigenvalue weighted by Gasteiger charge is -2.09. The maximum Gasteiger partial charge on any atom is 0.339 e. The van der Waals surface area contributed by atoms with Crippen molar-refractivity contribution < 1.29 is 14.3 Å². The molecule has 100 valence electrons. The first kappa shape index (κ1) is 14.4. The van der Waals surface area contributed by atoms with E-state index in [2.05, 4.69) is 10.3 Å². The zero-order chi connectivity index (χ0) is 13.4. The number of aromatic nitrogens is 1. The summed E-state index contributed by atoms with van der Waals surface area (Å²) in [6, 6.07) is 3.44. The molecule has 5 heteroatoms. The van der Waals surface area contributed by atoms with Crippen molar-refractivity contribution in [2.24, 2.45) is 0 Å². The van der Waals surface area contributed by atoms with Crippen molar-refractivity contribution in [3.8, 4) is 0 Å². The lowest BCUT2D eigenvalue weighted by atomic mass is 10.3. The molecule has 0 bridgehead atoms. The Balaban J connectivity index is 2.38. The smallest absolute Gasteiger partial charge is 0.339 e. The summed E-state index contributed by atoms with van der Waals surface area (Å²) < 4.78 is 10.3. The molecule has 0 saturated heterocycles. The molecule has 0 aliphatic carbocycles. The van der Waals surface area contributed by atoms with Gasteiger partial charge in [0.2, 0.25) is 0 Å². The van der Waals surface area contributed by atoms with Gasteiger partial charge in [-0.05, 0) is 32.9 Å². The molecule has 18 heavy (non-hydrogen) atoms. The van der Waals surface area contributed by atoms with Crippen molar-refractivity contribution >= 4 is 11.8 Å². The lowest BCUT2D eigenvalue weighted by Crippen LogP contribution is -2.14. The van der Waals surface area contributed by atoms with Gasteiger partial charge in [-0.15, -0.1) is 0 Å². The van der Waals surface area contributed by atoms with Gasteiger partial charge in [0.25, 0.3) is 0 Å². The summed E-state index contributed by atoms with van der Waals surface area (Å²) in [5.74, 6) is 0.370. The number of nitrogens with one attached hydrogen (secondary N) is 1. The molecular weight excluding hydrogens is 232 g/mol. The highest BCUT2D eigenvalue weighted by atomic mass is 16.5. The summed E-state index contributed by atoms with van der Waals surface area (Å²) in [4.78, 5) is 15.5. The van der Waals surface area contributed by atoms with Crippen LogP contribution in [0.25, 0.3) is 0 Å². The van der Waals surface area contributed by atoms with Crippen LogP contribution in [-0.4, -0.2) is 36.8 Å². The minimum atomic E-state index is -0.348. The molecule has 0 atom stereocenters. The molecular formula is C13H20N2O3. The van der Waals surface area contributed by atoms with Crippen molar-refractivity contribution in [2.75, 3.05) is 25.1 Å². The van der Waals surface area contributed by atoms with Crippen molar-refractivity contribution in [1.82, 2.24) is 4.98 Å². The fourth-order valence-corrected chi connectivity index (χ4v) is 1.31. The molecule has 5 nitrogen and oxygen atoms in total.